The molecule has 0 saturated heterocycles. The first kappa shape index (κ1) is 24.9. The van der Waals surface area contributed by atoms with Crippen LogP contribution in [0.1, 0.15) is 78.9 Å². The van der Waals surface area contributed by atoms with Crippen molar-refractivity contribution in [3.8, 4) is 0 Å². The summed E-state index contributed by atoms with van der Waals surface area (Å²) < 4.78 is 0. The number of hydrogen-bond acceptors (Lipinski definition) is 0. The van der Waals surface area contributed by atoms with Crippen LogP contribution in [0.5, 0.6) is 0 Å². The lowest BCUT2D eigenvalue weighted by Crippen LogP contribution is -2.37. The second-order valence-electron chi connectivity index (χ2n) is 11.6. The summed E-state index contributed by atoms with van der Waals surface area (Å²) >= 11 is 0. The number of rotatable bonds is 5. The summed E-state index contributed by atoms with van der Waals surface area (Å²) in [6.45, 7) is 22.3. The van der Waals surface area contributed by atoms with Gasteiger partial charge in [-0.25, -0.2) is 0 Å². The highest BCUT2D eigenvalue weighted by molar-refractivity contribution is 7.73. The van der Waals surface area contributed by atoms with E-state index in [2.05, 4.69) is 111 Å². The Kier molecular flexibility index (Phi) is 7.77. The van der Waals surface area contributed by atoms with Crippen molar-refractivity contribution in [2.45, 2.75) is 103 Å². The largest absolute Gasteiger partial charge is 0.0921 e. The summed E-state index contributed by atoms with van der Waals surface area (Å²) in [5, 5.41) is 3.99. The van der Waals surface area contributed by atoms with E-state index < -0.39 is 0 Å². The van der Waals surface area contributed by atoms with Gasteiger partial charge in [0.15, 0.2) is 0 Å². The van der Waals surface area contributed by atoms with Crippen LogP contribution in [0.15, 0.2) is 48.5 Å². The van der Waals surface area contributed by atoms with Gasteiger partial charge in [-0.05, 0) is 83.9 Å². The molecule has 0 aliphatic heterocycles. The number of benzene rings is 2. The normalized spacial score (nSPS) is 21.1. The Morgan fingerprint density at radius 2 is 1.19 bits per heavy atom. The topological polar surface area (TPSA) is 0 Å². The fourth-order valence-corrected chi connectivity index (χ4v) is 14.9. The molecule has 2 aromatic rings. The molecule has 1 aliphatic carbocycles. The van der Waals surface area contributed by atoms with Crippen LogP contribution in [0, 0.1) is 19.8 Å². The minimum Gasteiger partial charge on any atom is -0.0921 e. The summed E-state index contributed by atoms with van der Waals surface area (Å²) in [6, 6.07) is 18.4. The zero-order valence-corrected chi connectivity index (χ0v) is 23.2. The quantitative estimate of drug-likeness (QED) is 0.398. The van der Waals surface area contributed by atoms with Gasteiger partial charge in [-0.15, -0.1) is 0 Å². The molecule has 0 spiro atoms. The van der Waals surface area contributed by atoms with Crippen LogP contribution >= 0.6 is 15.8 Å². The van der Waals surface area contributed by atoms with Gasteiger partial charge in [-0.3, -0.25) is 0 Å². The van der Waals surface area contributed by atoms with Gasteiger partial charge in [0, 0.05) is 0 Å². The van der Waals surface area contributed by atoms with Crippen molar-refractivity contribution in [2.24, 2.45) is 5.92 Å². The third-order valence-corrected chi connectivity index (χ3v) is 14.5. The fraction of sp³-hybridized carbons (Fsp3) is 0.586. The van der Waals surface area contributed by atoms with Crippen molar-refractivity contribution in [2.75, 3.05) is 0 Å². The molecular formula is C29H44P2. The Labute approximate surface area is 195 Å². The zero-order valence-electron chi connectivity index (χ0n) is 21.4. The summed E-state index contributed by atoms with van der Waals surface area (Å²) in [4.78, 5) is 0. The highest BCUT2D eigenvalue weighted by Crippen LogP contribution is 2.68. The molecule has 3 rings (SSSR count). The molecule has 1 fully saturated rings. The summed E-state index contributed by atoms with van der Waals surface area (Å²) in [5.41, 5.74) is 4.52. The Balaban J connectivity index is 2.08. The van der Waals surface area contributed by atoms with Gasteiger partial charge in [0.25, 0.3) is 0 Å². The predicted molar refractivity (Wildman–Crippen MR) is 146 cm³/mol. The van der Waals surface area contributed by atoms with Crippen LogP contribution in [-0.2, 0) is 0 Å². The molecule has 0 bridgehead atoms. The molecule has 3 unspecified atom stereocenters. The molecule has 2 heteroatoms. The van der Waals surface area contributed by atoms with Crippen LogP contribution < -0.4 is 10.6 Å². The molecule has 0 nitrogen and oxygen atoms in total. The Morgan fingerprint density at radius 3 is 1.61 bits per heavy atom. The minimum atomic E-state index is -0.378. The van der Waals surface area contributed by atoms with Crippen LogP contribution in [0.25, 0.3) is 0 Å². The fourth-order valence-electron chi connectivity index (χ4n) is 6.28. The number of hydrogen-bond donors (Lipinski definition) is 0. The molecular weight excluding hydrogens is 410 g/mol. The second kappa shape index (κ2) is 9.65. The van der Waals surface area contributed by atoms with E-state index in [9.17, 15) is 0 Å². The molecule has 0 amide bonds. The lowest BCUT2D eigenvalue weighted by Gasteiger charge is -2.49. The molecule has 0 N–H and O–H groups in total. The van der Waals surface area contributed by atoms with E-state index >= 15 is 0 Å². The monoisotopic (exact) mass is 454 g/mol. The van der Waals surface area contributed by atoms with Gasteiger partial charge in [0.1, 0.15) is 0 Å². The summed E-state index contributed by atoms with van der Waals surface area (Å²) in [6.07, 6.45) is 4.25. The molecule has 0 aromatic heterocycles. The third kappa shape index (κ3) is 5.45. The van der Waals surface area contributed by atoms with Gasteiger partial charge < -0.3 is 0 Å². The van der Waals surface area contributed by atoms with E-state index in [4.69, 9.17) is 0 Å². The van der Waals surface area contributed by atoms with E-state index in [0.29, 0.717) is 16.0 Å². The Bertz CT molecular complexity index is 811. The second-order valence-corrected chi connectivity index (χ2v) is 18.2. The highest BCUT2D eigenvalue weighted by atomic mass is 31.1. The molecule has 1 aliphatic rings. The highest BCUT2D eigenvalue weighted by Gasteiger charge is 2.47. The van der Waals surface area contributed by atoms with Crippen LogP contribution in [0.4, 0.5) is 0 Å². The van der Waals surface area contributed by atoms with Crippen molar-refractivity contribution >= 4 is 26.5 Å². The van der Waals surface area contributed by atoms with Crippen molar-refractivity contribution in [3.05, 3.63) is 59.7 Å². The first-order valence-corrected chi connectivity index (χ1v) is 14.9. The average Bonchev–Trinajstić information content (AvgIpc) is 3.11. The predicted octanol–water partition coefficient (Wildman–Crippen LogP) is 8.37. The van der Waals surface area contributed by atoms with Crippen LogP contribution in [0.3, 0.4) is 0 Å². The summed E-state index contributed by atoms with van der Waals surface area (Å²) in [7, 11) is -0.461. The van der Waals surface area contributed by atoms with Crippen molar-refractivity contribution in [1.82, 2.24) is 0 Å². The van der Waals surface area contributed by atoms with E-state index in [1.54, 1.807) is 10.6 Å². The van der Waals surface area contributed by atoms with Gasteiger partial charge in [-0.2, -0.15) is 0 Å². The first-order chi connectivity index (χ1) is 14.4. The standard InChI is InChI=1S/C29H44P2/c1-21-15-10-12-18-25(21)30(26-19-13-11-16-22(26)2)23(3)24-17-14-20-27(24)31(28(4,5)6)29(7,8)9/h10-13,15-16,18-19,23-24,27H,14,17,20H2,1-9H3. The Hall–Kier alpha value is -0.700. The maximum absolute atomic E-state index is 2.60. The molecule has 0 radical (unpaired) electrons. The van der Waals surface area contributed by atoms with Gasteiger partial charge >= 0.3 is 0 Å². The Morgan fingerprint density at radius 1 is 0.742 bits per heavy atom. The zero-order chi connectivity index (χ0) is 23.0. The van der Waals surface area contributed by atoms with Crippen LogP contribution in [0.2, 0.25) is 0 Å². The molecule has 1 saturated carbocycles. The van der Waals surface area contributed by atoms with Crippen molar-refractivity contribution in [3.63, 3.8) is 0 Å². The van der Waals surface area contributed by atoms with E-state index in [-0.39, 0.29) is 15.8 Å². The van der Waals surface area contributed by atoms with Crippen LogP contribution in [-0.4, -0.2) is 21.6 Å². The average molecular weight is 455 g/mol. The van der Waals surface area contributed by atoms with Gasteiger partial charge in [-0.1, -0.05) is 111 Å². The molecule has 0 heterocycles. The van der Waals surface area contributed by atoms with Crippen molar-refractivity contribution < 1.29 is 0 Å². The lowest BCUT2D eigenvalue weighted by atomic mass is 10.0. The number of aryl methyl sites for hydroxylation is 2. The van der Waals surface area contributed by atoms with E-state index in [1.807, 2.05) is 0 Å². The maximum Gasteiger partial charge on any atom is -0.0123 e. The maximum atomic E-state index is 2.60. The van der Waals surface area contributed by atoms with Gasteiger partial charge in [0.2, 0.25) is 0 Å². The molecule has 31 heavy (non-hydrogen) atoms. The first-order valence-electron chi connectivity index (χ1n) is 12.1. The smallest absolute Gasteiger partial charge is 0.0123 e. The molecule has 3 atom stereocenters. The lowest BCUT2D eigenvalue weighted by molar-refractivity contribution is 0.531. The molecule has 2 aromatic carbocycles. The SMILES string of the molecule is Cc1ccccc1P(c1ccccc1C)C(C)C1CCCC1P(C(C)(C)C)C(C)(C)C. The van der Waals surface area contributed by atoms with E-state index in [1.165, 1.54) is 30.4 Å². The summed E-state index contributed by atoms with van der Waals surface area (Å²) in [5.74, 6) is 0.829. The molecule has 170 valence electrons. The minimum absolute atomic E-state index is 0.0832. The third-order valence-electron chi connectivity index (χ3n) is 7.09. The van der Waals surface area contributed by atoms with E-state index in [0.717, 1.165) is 11.6 Å². The van der Waals surface area contributed by atoms with Crippen molar-refractivity contribution in [1.29, 1.82) is 0 Å². The van der Waals surface area contributed by atoms with Gasteiger partial charge in [0.05, 0.1) is 0 Å².